The van der Waals surface area contributed by atoms with E-state index in [1.54, 1.807) is 0 Å². The molecule has 1 N–H and O–H groups in total. The first kappa shape index (κ1) is 9.83. The zero-order chi connectivity index (χ0) is 9.52. The molecule has 0 bridgehead atoms. The van der Waals surface area contributed by atoms with Crippen molar-refractivity contribution in [1.82, 2.24) is 5.32 Å². The molecule has 1 aliphatic heterocycles. The van der Waals surface area contributed by atoms with Crippen molar-refractivity contribution in [2.24, 2.45) is 11.0 Å². The standard InChI is InChI=1S/C7H12N4O2/c8-11-10-3-2-9-7(12)6-1-4-13-5-6/h6H,1-5H2,(H,9,12). The fourth-order valence-corrected chi connectivity index (χ4v) is 1.16. The summed E-state index contributed by atoms with van der Waals surface area (Å²) < 4.78 is 5.06. The van der Waals surface area contributed by atoms with Crippen molar-refractivity contribution in [1.29, 1.82) is 0 Å². The van der Waals surface area contributed by atoms with Crippen molar-refractivity contribution < 1.29 is 9.53 Å². The quantitative estimate of drug-likeness (QED) is 0.297. The number of azide groups is 1. The van der Waals surface area contributed by atoms with Gasteiger partial charge in [-0.1, -0.05) is 5.11 Å². The van der Waals surface area contributed by atoms with Gasteiger partial charge in [-0.3, -0.25) is 4.79 Å². The van der Waals surface area contributed by atoms with Crippen LogP contribution < -0.4 is 5.32 Å². The summed E-state index contributed by atoms with van der Waals surface area (Å²) in [6.07, 6.45) is 0.785. The fourth-order valence-electron chi connectivity index (χ4n) is 1.16. The average Bonchev–Trinajstić information content (AvgIpc) is 2.65. The van der Waals surface area contributed by atoms with Gasteiger partial charge in [0.1, 0.15) is 0 Å². The first-order chi connectivity index (χ1) is 6.34. The highest BCUT2D eigenvalue weighted by Crippen LogP contribution is 2.11. The van der Waals surface area contributed by atoms with E-state index >= 15 is 0 Å². The van der Waals surface area contributed by atoms with Gasteiger partial charge in [-0.25, -0.2) is 0 Å². The van der Waals surface area contributed by atoms with E-state index < -0.39 is 0 Å². The molecule has 72 valence electrons. The topological polar surface area (TPSA) is 87.1 Å². The number of amides is 1. The van der Waals surface area contributed by atoms with Gasteiger partial charge >= 0.3 is 0 Å². The normalized spacial score (nSPS) is 20.8. The van der Waals surface area contributed by atoms with Gasteiger partial charge in [-0.2, -0.15) is 0 Å². The van der Waals surface area contributed by atoms with Gasteiger partial charge in [0.25, 0.3) is 0 Å². The number of carbonyl (C=O) groups excluding carboxylic acids is 1. The summed E-state index contributed by atoms with van der Waals surface area (Å²) in [5.74, 6) is -0.0308. The number of nitrogens with zero attached hydrogens (tertiary/aromatic N) is 3. The molecule has 1 saturated heterocycles. The molecule has 0 aliphatic carbocycles. The number of ether oxygens (including phenoxy) is 1. The Hall–Kier alpha value is -1.26. The molecule has 0 aromatic heterocycles. The molecule has 1 fully saturated rings. The SMILES string of the molecule is [N-]=[N+]=NCCNC(=O)C1CCOC1. The predicted octanol–water partition coefficient (Wildman–Crippen LogP) is 0.449. The Labute approximate surface area is 75.9 Å². The Balaban J connectivity index is 2.13. The monoisotopic (exact) mass is 184 g/mol. The van der Waals surface area contributed by atoms with Gasteiger partial charge in [0, 0.05) is 24.6 Å². The van der Waals surface area contributed by atoms with Gasteiger partial charge < -0.3 is 10.1 Å². The maximum Gasteiger partial charge on any atom is 0.225 e. The molecule has 1 aliphatic rings. The van der Waals surface area contributed by atoms with Crippen LogP contribution >= 0.6 is 0 Å². The van der Waals surface area contributed by atoms with Crippen LogP contribution in [0.5, 0.6) is 0 Å². The minimum Gasteiger partial charge on any atom is -0.381 e. The molecule has 0 spiro atoms. The molecule has 0 radical (unpaired) electrons. The minimum atomic E-state index is -0.0222. The summed E-state index contributed by atoms with van der Waals surface area (Å²) in [6.45, 7) is 1.87. The van der Waals surface area contributed by atoms with Crippen LogP contribution in [0, 0.1) is 5.92 Å². The summed E-state index contributed by atoms with van der Waals surface area (Å²) in [4.78, 5) is 13.9. The van der Waals surface area contributed by atoms with Gasteiger partial charge in [0.05, 0.1) is 12.5 Å². The van der Waals surface area contributed by atoms with E-state index in [-0.39, 0.29) is 11.8 Å². The highest BCUT2D eigenvalue weighted by Gasteiger charge is 2.22. The lowest BCUT2D eigenvalue weighted by molar-refractivity contribution is -0.124. The van der Waals surface area contributed by atoms with Crippen molar-refractivity contribution in [3.63, 3.8) is 0 Å². The first-order valence-corrected chi connectivity index (χ1v) is 4.21. The first-order valence-electron chi connectivity index (χ1n) is 4.21. The summed E-state index contributed by atoms with van der Waals surface area (Å²) in [6, 6.07) is 0. The molecule has 0 saturated carbocycles. The van der Waals surface area contributed by atoms with Crippen molar-refractivity contribution in [2.45, 2.75) is 6.42 Å². The highest BCUT2D eigenvalue weighted by atomic mass is 16.5. The number of hydrogen-bond acceptors (Lipinski definition) is 3. The molecule has 13 heavy (non-hydrogen) atoms. The number of hydrogen-bond donors (Lipinski definition) is 1. The highest BCUT2D eigenvalue weighted by molar-refractivity contribution is 5.78. The lowest BCUT2D eigenvalue weighted by Crippen LogP contribution is -2.32. The van der Waals surface area contributed by atoms with Crippen LogP contribution in [0.1, 0.15) is 6.42 Å². The zero-order valence-corrected chi connectivity index (χ0v) is 7.27. The zero-order valence-electron chi connectivity index (χ0n) is 7.27. The summed E-state index contributed by atoms with van der Waals surface area (Å²) in [5.41, 5.74) is 7.97. The average molecular weight is 184 g/mol. The minimum absolute atomic E-state index is 0.00867. The van der Waals surface area contributed by atoms with Crippen LogP contribution in [0.2, 0.25) is 0 Å². The third-order valence-corrected chi connectivity index (χ3v) is 1.87. The Kier molecular flexibility index (Phi) is 4.08. The molecular weight excluding hydrogens is 172 g/mol. The lowest BCUT2D eigenvalue weighted by Gasteiger charge is -2.07. The summed E-state index contributed by atoms with van der Waals surface area (Å²) in [7, 11) is 0. The number of rotatable bonds is 4. The van der Waals surface area contributed by atoms with E-state index in [4.69, 9.17) is 10.3 Å². The maximum absolute atomic E-state index is 11.3. The van der Waals surface area contributed by atoms with Crippen LogP contribution in [-0.2, 0) is 9.53 Å². The molecule has 1 rings (SSSR count). The Morgan fingerprint density at radius 2 is 2.62 bits per heavy atom. The van der Waals surface area contributed by atoms with Crippen molar-refractivity contribution in [3.05, 3.63) is 10.4 Å². The number of nitrogens with one attached hydrogen (secondary N) is 1. The number of carbonyl (C=O) groups is 1. The molecule has 6 heteroatoms. The van der Waals surface area contributed by atoms with E-state index in [1.807, 2.05) is 0 Å². The smallest absolute Gasteiger partial charge is 0.225 e. The van der Waals surface area contributed by atoms with Crippen LogP contribution in [0.4, 0.5) is 0 Å². The van der Waals surface area contributed by atoms with E-state index in [9.17, 15) is 4.79 Å². The van der Waals surface area contributed by atoms with E-state index in [2.05, 4.69) is 15.3 Å². The Morgan fingerprint density at radius 1 is 1.77 bits per heavy atom. The molecule has 1 atom stereocenters. The molecular formula is C7H12N4O2. The van der Waals surface area contributed by atoms with Crippen LogP contribution in [0.3, 0.4) is 0 Å². The molecule has 0 aromatic rings. The second kappa shape index (κ2) is 5.40. The van der Waals surface area contributed by atoms with Crippen molar-refractivity contribution in [3.8, 4) is 0 Å². The predicted molar refractivity (Wildman–Crippen MR) is 45.9 cm³/mol. The Bertz CT molecular complexity index is 219. The van der Waals surface area contributed by atoms with Gasteiger partial charge in [0.2, 0.25) is 5.91 Å². The lowest BCUT2D eigenvalue weighted by atomic mass is 10.1. The molecule has 1 heterocycles. The molecule has 1 amide bonds. The third kappa shape index (κ3) is 3.31. The van der Waals surface area contributed by atoms with Crippen molar-refractivity contribution >= 4 is 5.91 Å². The Morgan fingerprint density at radius 3 is 3.23 bits per heavy atom. The van der Waals surface area contributed by atoms with Crippen molar-refractivity contribution in [2.75, 3.05) is 26.3 Å². The van der Waals surface area contributed by atoms with E-state index in [1.165, 1.54) is 0 Å². The summed E-state index contributed by atoms with van der Waals surface area (Å²) >= 11 is 0. The fraction of sp³-hybridized carbons (Fsp3) is 0.857. The second-order valence-electron chi connectivity index (χ2n) is 2.81. The molecule has 6 nitrogen and oxygen atoms in total. The third-order valence-electron chi connectivity index (χ3n) is 1.87. The maximum atomic E-state index is 11.3. The second-order valence-corrected chi connectivity index (χ2v) is 2.81. The molecule has 0 aromatic carbocycles. The van der Waals surface area contributed by atoms with Crippen LogP contribution in [0.25, 0.3) is 10.4 Å². The largest absolute Gasteiger partial charge is 0.381 e. The van der Waals surface area contributed by atoms with Crippen LogP contribution in [0.15, 0.2) is 5.11 Å². The van der Waals surface area contributed by atoms with Crippen LogP contribution in [-0.4, -0.2) is 32.2 Å². The van der Waals surface area contributed by atoms with Gasteiger partial charge in [-0.05, 0) is 12.0 Å². The van der Waals surface area contributed by atoms with Gasteiger partial charge in [-0.15, -0.1) is 0 Å². The summed E-state index contributed by atoms with van der Waals surface area (Å²) in [5, 5.41) is 5.98. The van der Waals surface area contributed by atoms with E-state index in [0.29, 0.717) is 26.3 Å². The molecule has 1 unspecified atom stereocenters. The van der Waals surface area contributed by atoms with E-state index in [0.717, 1.165) is 6.42 Å². The van der Waals surface area contributed by atoms with Gasteiger partial charge in [0.15, 0.2) is 0 Å².